The highest BCUT2D eigenvalue weighted by atomic mass is 16.6. The zero-order chi connectivity index (χ0) is 28.3. The number of alkyl carbamates (subject to hydrolysis) is 1. The van der Waals surface area contributed by atoms with Gasteiger partial charge in [-0.1, -0.05) is 66.7 Å². The Bertz CT molecular complexity index is 1530. The van der Waals surface area contributed by atoms with Gasteiger partial charge in [0.2, 0.25) is 5.91 Å². The van der Waals surface area contributed by atoms with Crippen molar-refractivity contribution in [2.24, 2.45) is 0 Å². The molecule has 1 aromatic heterocycles. The van der Waals surface area contributed by atoms with Crippen molar-refractivity contribution in [2.75, 3.05) is 5.32 Å². The fourth-order valence-electron chi connectivity index (χ4n) is 4.85. The molecule has 0 fully saturated rings. The molecule has 1 aliphatic rings. The van der Waals surface area contributed by atoms with Gasteiger partial charge < -0.3 is 25.7 Å². The molecule has 0 saturated heterocycles. The highest BCUT2D eigenvalue weighted by molar-refractivity contribution is 5.99. The van der Waals surface area contributed by atoms with E-state index in [0.717, 1.165) is 27.6 Å². The Kier molecular flexibility index (Phi) is 7.57. The summed E-state index contributed by atoms with van der Waals surface area (Å²) in [6.07, 6.45) is 0.211. The summed E-state index contributed by atoms with van der Waals surface area (Å²) in [6, 6.07) is 23.6. The van der Waals surface area contributed by atoms with Crippen LogP contribution in [0.15, 0.2) is 85.1 Å². The van der Waals surface area contributed by atoms with Crippen LogP contribution in [-0.2, 0) is 20.7 Å². The second-order valence-electron chi connectivity index (χ2n) is 10.8. The third kappa shape index (κ3) is 6.16. The number of amides is 3. The Hall–Kier alpha value is -4.63. The van der Waals surface area contributed by atoms with Crippen molar-refractivity contribution in [3.05, 3.63) is 102 Å². The number of para-hydroxylation sites is 2. The van der Waals surface area contributed by atoms with Crippen molar-refractivity contribution < 1.29 is 19.1 Å². The molecule has 2 heterocycles. The molecule has 3 aromatic carbocycles. The van der Waals surface area contributed by atoms with Gasteiger partial charge in [0.25, 0.3) is 5.91 Å². The van der Waals surface area contributed by atoms with E-state index >= 15 is 0 Å². The van der Waals surface area contributed by atoms with Crippen LogP contribution in [0.2, 0.25) is 0 Å². The van der Waals surface area contributed by atoms with Crippen molar-refractivity contribution in [3.63, 3.8) is 0 Å². The van der Waals surface area contributed by atoms with Gasteiger partial charge >= 0.3 is 6.09 Å². The first-order chi connectivity index (χ1) is 19.2. The highest BCUT2D eigenvalue weighted by Gasteiger charge is 2.34. The number of anilines is 1. The van der Waals surface area contributed by atoms with Gasteiger partial charge in [0.15, 0.2) is 6.17 Å². The second-order valence-corrected chi connectivity index (χ2v) is 10.8. The molecule has 5 rings (SSSR count). The molecule has 4 aromatic rings. The van der Waals surface area contributed by atoms with Crippen molar-refractivity contribution in [2.45, 2.75) is 51.0 Å². The Morgan fingerprint density at radius 2 is 1.65 bits per heavy atom. The number of ether oxygens (including phenoxy) is 1. The van der Waals surface area contributed by atoms with E-state index in [0.29, 0.717) is 5.69 Å². The number of nitrogens with one attached hydrogen (secondary N) is 5. The van der Waals surface area contributed by atoms with Gasteiger partial charge in [-0.3, -0.25) is 14.9 Å². The number of H-pyrrole nitrogens is 1. The highest BCUT2D eigenvalue weighted by Crippen LogP contribution is 2.31. The number of aromatic nitrogens is 1. The van der Waals surface area contributed by atoms with Crippen LogP contribution in [0.5, 0.6) is 0 Å². The average Bonchev–Trinajstić information content (AvgIpc) is 3.27. The van der Waals surface area contributed by atoms with E-state index < -0.39 is 35.7 Å². The molecule has 0 saturated carbocycles. The SMILES string of the molecule is CC(C)(C)OC(=O)N[C@@H](Cc1c[nH]c2ccccc12)C(=O)N[C@H]1NC(c2ccccc2)c2ccccc2NC1=O. The lowest BCUT2D eigenvalue weighted by molar-refractivity contribution is -0.128. The number of fused-ring (bicyclic) bond motifs is 2. The molecule has 5 N–H and O–H groups in total. The summed E-state index contributed by atoms with van der Waals surface area (Å²) in [6.45, 7) is 5.26. The fourth-order valence-corrected chi connectivity index (χ4v) is 4.85. The van der Waals surface area contributed by atoms with Gasteiger partial charge in [-0.2, -0.15) is 0 Å². The van der Waals surface area contributed by atoms with Crippen LogP contribution < -0.4 is 21.3 Å². The van der Waals surface area contributed by atoms with E-state index in [1.807, 2.05) is 85.1 Å². The minimum atomic E-state index is -1.07. The van der Waals surface area contributed by atoms with Crippen LogP contribution in [0.3, 0.4) is 0 Å². The first-order valence-electron chi connectivity index (χ1n) is 13.2. The molecule has 206 valence electrons. The van der Waals surface area contributed by atoms with E-state index in [1.165, 1.54) is 0 Å². The van der Waals surface area contributed by atoms with Crippen LogP contribution in [0.4, 0.5) is 10.5 Å². The lowest BCUT2D eigenvalue weighted by atomic mass is 9.97. The predicted molar refractivity (Wildman–Crippen MR) is 154 cm³/mol. The summed E-state index contributed by atoms with van der Waals surface area (Å²) in [7, 11) is 0. The van der Waals surface area contributed by atoms with Crippen molar-refractivity contribution in [1.29, 1.82) is 0 Å². The van der Waals surface area contributed by atoms with E-state index in [2.05, 4.69) is 26.3 Å². The molecule has 1 aliphatic heterocycles. The molecule has 40 heavy (non-hydrogen) atoms. The van der Waals surface area contributed by atoms with E-state index in [1.54, 1.807) is 20.8 Å². The van der Waals surface area contributed by atoms with Gasteiger partial charge in [0, 0.05) is 29.2 Å². The third-order valence-electron chi connectivity index (χ3n) is 6.65. The monoisotopic (exact) mass is 539 g/mol. The second kappa shape index (κ2) is 11.2. The predicted octanol–water partition coefficient (Wildman–Crippen LogP) is 4.38. The fraction of sp³-hybridized carbons (Fsp3) is 0.258. The van der Waals surface area contributed by atoms with E-state index in [4.69, 9.17) is 4.74 Å². The lowest BCUT2D eigenvalue weighted by Gasteiger charge is -2.26. The summed E-state index contributed by atoms with van der Waals surface area (Å²) in [5.41, 5.74) is 3.49. The summed E-state index contributed by atoms with van der Waals surface area (Å²) in [5, 5.41) is 12.7. The van der Waals surface area contributed by atoms with E-state index in [-0.39, 0.29) is 12.5 Å². The van der Waals surface area contributed by atoms with Gasteiger partial charge in [-0.15, -0.1) is 0 Å². The van der Waals surface area contributed by atoms with Crippen LogP contribution in [0.1, 0.15) is 43.5 Å². The Balaban J connectivity index is 1.42. The van der Waals surface area contributed by atoms with Gasteiger partial charge in [-0.05, 0) is 49.6 Å². The van der Waals surface area contributed by atoms with Crippen molar-refractivity contribution >= 4 is 34.5 Å². The minimum absolute atomic E-state index is 0.186. The molecule has 3 amide bonds. The zero-order valence-electron chi connectivity index (χ0n) is 22.7. The van der Waals surface area contributed by atoms with Gasteiger partial charge in [0.1, 0.15) is 11.6 Å². The molecule has 0 aliphatic carbocycles. The number of aromatic amines is 1. The topological polar surface area (TPSA) is 124 Å². The lowest BCUT2D eigenvalue weighted by Crippen LogP contribution is -2.58. The minimum Gasteiger partial charge on any atom is -0.444 e. The molecular weight excluding hydrogens is 506 g/mol. The number of carbonyl (C=O) groups is 3. The summed E-state index contributed by atoms with van der Waals surface area (Å²) < 4.78 is 5.44. The summed E-state index contributed by atoms with van der Waals surface area (Å²) in [5.74, 6) is -0.941. The first-order valence-corrected chi connectivity index (χ1v) is 13.2. The Morgan fingerprint density at radius 1 is 0.950 bits per heavy atom. The standard InChI is InChI=1S/C31H33N5O4/c1-31(2,3)40-30(39)34-25(17-20-18-32-23-15-9-7-13-21(20)23)28(37)36-27-29(38)33-24-16-10-8-14-22(24)26(35-27)19-11-5-4-6-12-19/h4-16,18,25-27,32,35H,17H2,1-3H3,(H,33,38)(H,34,39)(H,36,37)/t25-,26?,27+/m0/s1. The van der Waals surface area contributed by atoms with Gasteiger partial charge in [-0.25, -0.2) is 4.79 Å². The summed E-state index contributed by atoms with van der Waals surface area (Å²) in [4.78, 5) is 43.0. The maximum absolute atomic E-state index is 13.7. The number of carbonyl (C=O) groups excluding carboxylic acids is 3. The Labute approximate surface area is 232 Å². The molecule has 9 nitrogen and oxygen atoms in total. The molecule has 0 spiro atoms. The number of rotatable bonds is 6. The molecule has 3 atom stereocenters. The maximum atomic E-state index is 13.7. The number of benzene rings is 3. The quantitative estimate of drug-likeness (QED) is 0.249. The molecular formula is C31H33N5O4. The van der Waals surface area contributed by atoms with Crippen LogP contribution in [0, 0.1) is 0 Å². The van der Waals surface area contributed by atoms with E-state index in [9.17, 15) is 14.4 Å². The molecule has 0 radical (unpaired) electrons. The third-order valence-corrected chi connectivity index (χ3v) is 6.65. The number of hydrogen-bond acceptors (Lipinski definition) is 5. The average molecular weight is 540 g/mol. The van der Waals surface area contributed by atoms with Crippen LogP contribution in [0.25, 0.3) is 10.9 Å². The molecule has 0 bridgehead atoms. The molecule has 1 unspecified atom stereocenters. The Morgan fingerprint density at radius 3 is 2.42 bits per heavy atom. The number of hydrogen-bond donors (Lipinski definition) is 5. The maximum Gasteiger partial charge on any atom is 0.408 e. The zero-order valence-corrected chi connectivity index (χ0v) is 22.7. The smallest absolute Gasteiger partial charge is 0.408 e. The molecule has 9 heteroatoms. The van der Waals surface area contributed by atoms with Crippen molar-refractivity contribution in [3.8, 4) is 0 Å². The largest absolute Gasteiger partial charge is 0.444 e. The van der Waals surface area contributed by atoms with Crippen LogP contribution >= 0.6 is 0 Å². The van der Waals surface area contributed by atoms with Gasteiger partial charge in [0.05, 0.1) is 6.04 Å². The van der Waals surface area contributed by atoms with Crippen molar-refractivity contribution in [1.82, 2.24) is 20.9 Å². The van der Waals surface area contributed by atoms with Crippen LogP contribution in [-0.4, -0.2) is 40.7 Å². The summed E-state index contributed by atoms with van der Waals surface area (Å²) >= 11 is 0. The normalized spacial score (nSPS) is 17.7. The first kappa shape index (κ1) is 27.0.